The summed E-state index contributed by atoms with van der Waals surface area (Å²) in [6.45, 7) is 5.94. The molecule has 0 saturated carbocycles. The molecule has 322 valence electrons. The van der Waals surface area contributed by atoms with Gasteiger partial charge in [-0.25, -0.2) is 4.79 Å². The molecule has 16 nitrogen and oxygen atoms in total. The van der Waals surface area contributed by atoms with E-state index >= 15 is 0 Å². The Morgan fingerprint density at radius 2 is 1.65 bits per heavy atom. The van der Waals surface area contributed by atoms with Crippen molar-refractivity contribution in [2.45, 2.75) is 147 Å². The van der Waals surface area contributed by atoms with E-state index in [1.807, 2.05) is 6.92 Å². The molecule has 13 atom stereocenters. The molecule has 1 aromatic carbocycles. The molecule has 9 N–H and O–H groups in total. The van der Waals surface area contributed by atoms with E-state index in [0.29, 0.717) is 18.8 Å². The summed E-state index contributed by atoms with van der Waals surface area (Å²) in [4.78, 5) is 25.2. The number of aliphatic hydroxyl groups is 7. The lowest BCUT2D eigenvalue weighted by atomic mass is 9.88. The van der Waals surface area contributed by atoms with E-state index in [9.17, 15) is 55.5 Å². The zero-order chi connectivity index (χ0) is 42.2. The molecule has 0 bridgehead atoms. The topological polar surface area (TPSA) is 262 Å². The van der Waals surface area contributed by atoms with Gasteiger partial charge in [0.25, 0.3) is 0 Å². The quantitative estimate of drug-likeness (QED) is 0.0283. The number of carbonyl (C=O) groups excluding carboxylic acids is 2. The highest BCUT2D eigenvalue weighted by Gasteiger charge is 2.53. The van der Waals surface area contributed by atoms with Gasteiger partial charge >= 0.3 is 11.9 Å². The molecule has 2 saturated heterocycles. The molecule has 0 aromatic heterocycles. The monoisotopic (exact) mass is 810 g/mol. The Morgan fingerprint density at radius 1 is 0.912 bits per heavy atom. The highest BCUT2D eigenvalue weighted by atomic mass is 16.7. The van der Waals surface area contributed by atoms with Crippen LogP contribution in [-0.4, -0.2) is 132 Å². The van der Waals surface area contributed by atoms with E-state index < -0.39 is 111 Å². The summed E-state index contributed by atoms with van der Waals surface area (Å²) in [6.07, 6.45) is -3.00. The van der Waals surface area contributed by atoms with Crippen LogP contribution in [0.25, 0.3) is 0 Å². The van der Waals surface area contributed by atoms with Gasteiger partial charge in [-0.15, -0.1) is 0 Å². The third-order valence-corrected chi connectivity index (χ3v) is 10.2. The molecule has 3 rings (SSSR count). The SMILES string of the molecule is CCCC(=O)OC[C@@H]1O[C@@H](O[C@@H]2[C@@H](OC(=O)/C=C/C=C/C[C@H](O)[C@H](C)CCC/C=C/[C@@H](C)CC)[C@H](O)[C@H](c3c(O)cc(O)cc3CO)O[C@@H]2CO)[C@H](O)[C@@H](O)[C@H]1O. The molecule has 1 aromatic rings. The van der Waals surface area contributed by atoms with Crippen molar-refractivity contribution in [2.24, 2.45) is 11.8 Å². The zero-order valence-corrected chi connectivity index (χ0v) is 33.1. The third-order valence-electron chi connectivity index (χ3n) is 10.2. The lowest BCUT2D eigenvalue weighted by Gasteiger charge is -2.47. The minimum Gasteiger partial charge on any atom is -0.508 e. The minimum absolute atomic E-state index is 0.0433. The van der Waals surface area contributed by atoms with Crippen molar-refractivity contribution in [1.29, 1.82) is 0 Å². The van der Waals surface area contributed by atoms with Crippen LogP contribution in [0.1, 0.15) is 89.9 Å². The number of benzene rings is 1. The van der Waals surface area contributed by atoms with Crippen LogP contribution in [0.3, 0.4) is 0 Å². The Hall–Kier alpha value is -3.42. The molecular weight excluding hydrogens is 748 g/mol. The Balaban J connectivity index is 1.81. The van der Waals surface area contributed by atoms with E-state index in [1.165, 1.54) is 12.2 Å². The predicted octanol–water partition coefficient (Wildman–Crippen LogP) is 2.10. The van der Waals surface area contributed by atoms with Gasteiger partial charge in [0.2, 0.25) is 0 Å². The van der Waals surface area contributed by atoms with Gasteiger partial charge in [0, 0.05) is 24.1 Å². The highest BCUT2D eigenvalue weighted by Crippen LogP contribution is 2.42. The van der Waals surface area contributed by atoms with Crippen molar-refractivity contribution in [3.05, 3.63) is 59.7 Å². The molecule has 2 fully saturated rings. The van der Waals surface area contributed by atoms with Gasteiger partial charge in [-0.2, -0.15) is 0 Å². The van der Waals surface area contributed by atoms with Crippen molar-refractivity contribution in [1.82, 2.24) is 0 Å². The Labute approximate surface area is 333 Å². The number of allylic oxidation sites excluding steroid dienone is 4. The van der Waals surface area contributed by atoms with Crippen LogP contribution in [0.4, 0.5) is 0 Å². The summed E-state index contributed by atoms with van der Waals surface area (Å²) >= 11 is 0. The van der Waals surface area contributed by atoms with Crippen molar-refractivity contribution in [3.8, 4) is 11.5 Å². The van der Waals surface area contributed by atoms with E-state index in [4.69, 9.17) is 23.7 Å². The van der Waals surface area contributed by atoms with Crippen molar-refractivity contribution in [3.63, 3.8) is 0 Å². The molecule has 2 heterocycles. The van der Waals surface area contributed by atoms with Crippen LogP contribution in [0.15, 0.2) is 48.6 Å². The predicted molar refractivity (Wildman–Crippen MR) is 204 cm³/mol. The first-order valence-electron chi connectivity index (χ1n) is 19.7. The van der Waals surface area contributed by atoms with Gasteiger partial charge in [-0.05, 0) is 55.6 Å². The lowest BCUT2D eigenvalue weighted by molar-refractivity contribution is -0.343. The van der Waals surface area contributed by atoms with Crippen LogP contribution in [0, 0.1) is 11.8 Å². The number of carbonyl (C=O) groups is 2. The Morgan fingerprint density at radius 3 is 2.32 bits per heavy atom. The van der Waals surface area contributed by atoms with Crippen LogP contribution in [0.5, 0.6) is 11.5 Å². The maximum absolute atomic E-state index is 13.2. The number of rotatable bonds is 21. The first kappa shape index (κ1) is 48.0. The number of aliphatic hydroxyl groups excluding tert-OH is 7. The number of phenols is 2. The van der Waals surface area contributed by atoms with Gasteiger partial charge in [0.05, 0.1) is 19.3 Å². The van der Waals surface area contributed by atoms with E-state index in [-0.39, 0.29) is 23.5 Å². The number of esters is 2. The molecule has 0 radical (unpaired) electrons. The third kappa shape index (κ3) is 13.8. The molecular formula is C41H62O16. The van der Waals surface area contributed by atoms with Gasteiger partial charge < -0.3 is 69.6 Å². The van der Waals surface area contributed by atoms with Crippen LogP contribution in [0.2, 0.25) is 0 Å². The second-order valence-corrected chi connectivity index (χ2v) is 14.7. The number of hydrogen-bond acceptors (Lipinski definition) is 16. The fraction of sp³-hybridized carbons (Fsp3) is 0.659. The van der Waals surface area contributed by atoms with Crippen molar-refractivity contribution >= 4 is 11.9 Å². The average Bonchev–Trinajstić information content (AvgIpc) is 3.18. The number of unbranched alkanes of at least 4 members (excludes halogenated alkanes) is 1. The summed E-state index contributed by atoms with van der Waals surface area (Å²) < 4.78 is 28.3. The van der Waals surface area contributed by atoms with Gasteiger partial charge in [0.1, 0.15) is 66.9 Å². The summed E-state index contributed by atoms with van der Waals surface area (Å²) in [6, 6.07) is 2.06. The second kappa shape index (κ2) is 23.9. The summed E-state index contributed by atoms with van der Waals surface area (Å²) in [5.41, 5.74) is -0.239. The maximum Gasteiger partial charge on any atom is 0.331 e. The molecule has 2 aliphatic rings. The normalized spacial score (nSPS) is 29.8. The summed E-state index contributed by atoms with van der Waals surface area (Å²) in [5, 5.41) is 95.5. The molecule has 16 heteroatoms. The molecule has 0 unspecified atom stereocenters. The average molecular weight is 811 g/mol. The summed E-state index contributed by atoms with van der Waals surface area (Å²) in [5.74, 6) is -2.02. The standard InChI is InChI=1S/C41H62O16/c1-5-13-31(47)53-22-30-34(49)35(50)36(51)41(55-30)57-38-29(21-43)54-39(33-25(20-42)18-26(44)19-28(33)46)37(52)40(38)56-32(48)17-12-8-11-16-27(45)24(4)15-10-7-9-14-23(3)6-2/h8-9,11-12,14,17-19,23-24,27,29-30,34-46,49-52H,5-7,10,13,15-16,20-22H2,1-4H3/b11-8+,14-9+,17-12+/t23-,24+,27-,29+,30-,34-,35-,36+,37+,38-,39-,40-,41-/m0/s1. The minimum atomic E-state index is -1.93. The number of aromatic hydroxyl groups is 2. The molecule has 57 heavy (non-hydrogen) atoms. The van der Waals surface area contributed by atoms with Crippen LogP contribution < -0.4 is 0 Å². The van der Waals surface area contributed by atoms with Gasteiger partial charge in [-0.3, -0.25) is 4.79 Å². The van der Waals surface area contributed by atoms with Crippen molar-refractivity contribution in [2.75, 3.05) is 13.2 Å². The van der Waals surface area contributed by atoms with E-state index in [0.717, 1.165) is 43.9 Å². The zero-order valence-electron chi connectivity index (χ0n) is 33.1. The number of hydrogen-bond donors (Lipinski definition) is 9. The first-order chi connectivity index (χ1) is 27.2. The van der Waals surface area contributed by atoms with Gasteiger partial charge in [0.15, 0.2) is 12.4 Å². The maximum atomic E-state index is 13.2. The largest absolute Gasteiger partial charge is 0.508 e. The molecule has 0 aliphatic carbocycles. The number of phenolic OH excluding ortho intramolecular Hbond substituents is 2. The highest BCUT2D eigenvalue weighted by molar-refractivity contribution is 5.82. The smallest absolute Gasteiger partial charge is 0.331 e. The second-order valence-electron chi connectivity index (χ2n) is 14.7. The van der Waals surface area contributed by atoms with Crippen LogP contribution >= 0.6 is 0 Å². The molecule has 0 spiro atoms. The fourth-order valence-electron chi connectivity index (χ4n) is 6.58. The lowest BCUT2D eigenvalue weighted by Crippen LogP contribution is -2.64. The number of ether oxygens (including phenoxy) is 5. The Kier molecular flexibility index (Phi) is 20.1. The van der Waals surface area contributed by atoms with E-state index in [1.54, 1.807) is 13.0 Å². The molecule has 2 aliphatic heterocycles. The Bertz CT molecular complexity index is 1480. The fourth-order valence-corrected chi connectivity index (χ4v) is 6.58. The first-order valence-corrected chi connectivity index (χ1v) is 19.7. The van der Waals surface area contributed by atoms with E-state index in [2.05, 4.69) is 26.0 Å². The molecule has 0 amide bonds. The summed E-state index contributed by atoms with van der Waals surface area (Å²) in [7, 11) is 0. The van der Waals surface area contributed by atoms with Crippen molar-refractivity contribution < 1.29 is 79.2 Å². The van der Waals surface area contributed by atoms with Gasteiger partial charge in [-0.1, -0.05) is 64.5 Å². The van der Waals surface area contributed by atoms with Crippen LogP contribution in [-0.2, 0) is 39.9 Å².